The van der Waals surface area contributed by atoms with E-state index in [2.05, 4.69) is 20.9 Å². The van der Waals surface area contributed by atoms with E-state index in [9.17, 15) is 4.79 Å². The standard InChI is InChI=1S/C13H9BrClNO2/c1-8-4-11(15)2-3-12(8)18-13(17)9-5-10(14)7-16-6-9/h2-7H,1H3. The van der Waals surface area contributed by atoms with Crippen molar-refractivity contribution < 1.29 is 9.53 Å². The molecule has 1 aromatic heterocycles. The molecule has 0 saturated carbocycles. The number of hydrogen-bond acceptors (Lipinski definition) is 3. The van der Waals surface area contributed by atoms with Gasteiger partial charge in [0.25, 0.3) is 0 Å². The summed E-state index contributed by atoms with van der Waals surface area (Å²) < 4.78 is 6.01. The molecule has 0 saturated heterocycles. The Bertz CT molecular complexity index is 601. The Kier molecular flexibility index (Phi) is 3.99. The Balaban J connectivity index is 2.21. The molecular formula is C13H9BrClNO2. The summed E-state index contributed by atoms with van der Waals surface area (Å²) in [6, 6.07) is 6.74. The van der Waals surface area contributed by atoms with Gasteiger partial charge in [-0.3, -0.25) is 4.98 Å². The third-order valence-electron chi connectivity index (χ3n) is 2.28. The van der Waals surface area contributed by atoms with Crippen LogP contribution in [-0.4, -0.2) is 11.0 Å². The van der Waals surface area contributed by atoms with Crippen LogP contribution in [-0.2, 0) is 0 Å². The number of esters is 1. The van der Waals surface area contributed by atoms with Gasteiger partial charge in [-0.2, -0.15) is 0 Å². The van der Waals surface area contributed by atoms with E-state index in [1.54, 1.807) is 30.5 Å². The Morgan fingerprint density at radius 1 is 1.33 bits per heavy atom. The van der Waals surface area contributed by atoms with Crippen LogP contribution in [0.25, 0.3) is 0 Å². The zero-order valence-electron chi connectivity index (χ0n) is 9.48. The Labute approximate surface area is 118 Å². The van der Waals surface area contributed by atoms with Gasteiger partial charge in [-0.25, -0.2) is 4.79 Å². The van der Waals surface area contributed by atoms with Gasteiger partial charge in [0, 0.05) is 21.9 Å². The fourth-order valence-corrected chi connectivity index (χ4v) is 2.00. The quantitative estimate of drug-likeness (QED) is 0.618. The number of halogens is 2. The summed E-state index contributed by atoms with van der Waals surface area (Å²) in [5.74, 6) is 0.0404. The van der Waals surface area contributed by atoms with Crippen molar-refractivity contribution in [1.29, 1.82) is 0 Å². The number of ether oxygens (including phenoxy) is 1. The summed E-state index contributed by atoms with van der Waals surface area (Å²) in [4.78, 5) is 15.8. The number of benzene rings is 1. The minimum absolute atomic E-state index is 0.388. The van der Waals surface area contributed by atoms with Crippen LogP contribution in [0.3, 0.4) is 0 Å². The molecule has 0 amide bonds. The molecule has 0 spiro atoms. The van der Waals surface area contributed by atoms with Crippen LogP contribution in [0.4, 0.5) is 0 Å². The van der Waals surface area contributed by atoms with Crippen LogP contribution >= 0.6 is 27.5 Å². The third-order valence-corrected chi connectivity index (χ3v) is 2.95. The van der Waals surface area contributed by atoms with Crippen molar-refractivity contribution in [2.45, 2.75) is 6.92 Å². The zero-order chi connectivity index (χ0) is 13.1. The highest BCUT2D eigenvalue weighted by atomic mass is 79.9. The fraction of sp³-hybridized carbons (Fsp3) is 0.0769. The smallest absolute Gasteiger partial charge is 0.345 e. The van der Waals surface area contributed by atoms with Gasteiger partial charge in [-0.15, -0.1) is 0 Å². The molecule has 0 fully saturated rings. The molecule has 2 aromatic rings. The summed E-state index contributed by atoms with van der Waals surface area (Å²) in [6.07, 6.45) is 3.06. The molecule has 5 heteroatoms. The number of pyridine rings is 1. The van der Waals surface area contributed by atoms with Gasteiger partial charge < -0.3 is 4.74 Å². The van der Waals surface area contributed by atoms with Gasteiger partial charge in [0.1, 0.15) is 5.75 Å². The number of aromatic nitrogens is 1. The lowest BCUT2D eigenvalue weighted by Gasteiger charge is -2.07. The minimum Gasteiger partial charge on any atom is -0.423 e. The van der Waals surface area contributed by atoms with Crippen LogP contribution in [0.5, 0.6) is 5.75 Å². The second kappa shape index (κ2) is 5.50. The predicted molar refractivity (Wildman–Crippen MR) is 73.1 cm³/mol. The Hall–Kier alpha value is -1.39. The number of aryl methyl sites for hydroxylation is 1. The molecule has 0 atom stereocenters. The summed E-state index contributed by atoms with van der Waals surface area (Å²) in [6.45, 7) is 1.83. The van der Waals surface area contributed by atoms with Crippen molar-refractivity contribution in [2.75, 3.05) is 0 Å². The Morgan fingerprint density at radius 3 is 2.78 bits per heavy atom. The van der Waals surface area contributed by atoms with Crippen LogP contribution in [0, 0.1) is 6.92 Å². The Morgan fingerprint density at radius 2 is 2.11 bits per heavy atom. The summed E-state index contributed by atoms with van der Waals surface area (Å²) >= 11 is 9.09. The molecule has 0 N–H and O–H groups in total. The van der Waals surface area contributed by atoms with E-state index in [0.717, 1.165) is 10.0 Å². The molecule has 0 radical (unpaired) electrons. The third kappa shape index (κ3) is 3.09. The molecule has 0 aliphatic carbocycles. The van der Waals surface area contributed by atoms with Gasteiger partial charge in [0.2, 0.25) is 0 Å². The number of nitrogens with zero attached hydrogens (tertiary/aromatic N) is 1. The number of hydrogen-bond donors (Lipinski definition) is 0. The van der Waals surface area contributed by atoms with Gasteiger partial charge in [-0.05, 0) is 52.7 Å². The SMILES string of the molecule is Cc1cc(Cl)ccc1OC(=O)c1cncc(Br)c1. The second-order valence-electron chi connectivity index (χ2n) is 3.69. The van der Waals surface area contributed by atoms with Gasteiger partial charge >= 0.3 is 5.97 Å². The van der Waals surface area contributed by atoms with Crippen LogP contribution < -0.4 is 4.74 Å². The molecule has 0 aliphatic heterocycles. The first kappa shape index (κ1) is 13.1. The predicted octanol–water partition coefficient (Wildman–Crippen LogP) is 4.03. The van der Waals surface area contributed by atoms with Crippen LogP contribution in [0.15, 0.2) is 41.1 Å². The first-order valence-electron chi connectivity index (χ1n) is 5.15. The summed E-state index contributed by atoms with van der Waals surface area (Å²) in [7, 11) is 0. The first-order chi connectivity index (χ1) is 8.56. The highest BCUT2D eigenvalue weighted by Crippen LogP contribution is 2.23. The summed E-state index contributed by atoms with van der Waals surface area (Å²) in [5.41, 5.74) is 1.19. The van der Waals surface area contributed by atoms with E-state index in [-0.39, 0.29) is 0 Å². The van der Waals surface area contributed by atoms with Gasteiger partial charge in [0.15, 0.2) is 0 Å². The molecule has 3 nitrogen and oxygen atoms in total. The molecule has 0 unspecified atom stereocenters. The van der Waals surface area contributed by atoms with Gasteiger partial charge in [-0.1, -0.05) is 11.6 Å². The highest BCUT2D eigenvalue weighted by molar-refractivity contribution is 9.10. The zero-order valence-corrected chi connectivity index (χ0v) is 11.8. The molecule has 1 heterocycles. The molecular weight excluding hydrogens is 318 g/mol. The van der Waals surface area contributed by atoms with Crippen molar-refractivity contribution >= 4 is 33.5 Å². The average molecular weight is 327 g/mol. The topological polar surface area (TPSA) is 39.2 Å². The van der Waals surface area contributed by atoms with E-state index in [1.165, 1.54) is 6.20 Å². The van der Waals surface area contributed by atoms with Crippen molar-refractivity contribution in [3.63, 3.8) is 0 Å². The first-order valence-corrected chi connectivity index (χ1v) is 6.32. The monoisotopic (exact) mass is 325 g/mol. The van der Waals surface area contributed by atoms with Crippen molar-refractivity contribution in [3.8, 4) is 5.75 Å². The molecule has 18 heavy (non-hydrogen) atoms. The van der Waals surface area contributed by atoms with Gasteiger partial charge in [0.05, 0.1) is 5.56 Å². The number of carbonyl (C=O) groups excluding carboxylic acids is 1. The second-order valence-corrected chi connectivity index (χ2v) is 5.04. The lowest BCUT2D eigenvalue weighted by molar-refractivity contribution is 0.0733. The number of carbonyl (C=O) groups is 1. The van der Waals surface area contributed by atoms with Crippen molar-refractivity contribution in [1.82, 2.24) is 4.98 Å². The van der Waals surface area contributed by atoms with E-state index < -0.39 is 5.97 Å². The minimum atomic E-state index is -0.450. The molecule has 0 aliphatic rings. The molecule has 92 valence electrons. The van der Waals surface area contributed by atoms with E-state index in [1.807, 2.05) is 6.92 Å². The van der Waals surface area contributed by atoms with Crippen LogP contribution in [0.1, 0.15) is 15.9 Å². The molecule has 0 bridgehead atoms. The van der Waals surface area contributed by atoms with E-state index in [4.69, 9.17) is 16.3 Å². The van der Waals surface area contributed by atoms with Crippen LogP contribution in [0.2, 0.25) is 5.02 Å². The largest absolute Gasteiger partial charge is 0.423 e. The average Bonchev–Trinajstić information content (AvgIpc) is 2.32. The highest BCUT2D eigenvalue weighted by Gasteiger charge is 2.11. The van der Waals surface area contributed by atoms with Crippen molar-refractivity contribution in [3.05, 3.63) is 57.3 Å². The fourth-order valence-electron chi connectivity index (χ4n) is 1.41. The maximum Gasteiger partial charge on any atom is 0.345 e. The lowest BCUT2D eigenvalue weighted by Crippen LogP contribution is -2.09. The normalized spacial score (nSPS) is 10.2. The lowest BCUT2D eigenvalue weighted by atomic mass is 10.2. The molecule has 2 rings (SSSR count). The van der Waals surface area contributed by atoms with E-state index >= 15 is 0 Å². The summed E-state index contributed by atoms with van der Waals surface area (Å²) in [5, 5.41) is 0.608. The maximum absolute atomic E-state index is 11.9. The number of rotatable bonds is 2. The van der Waals surface area contributed by atoms with Crippen molar-refractivity contribution in [2.24, 2.45) is 0 Å². The van der Waals surface area contributed by atoms with E-state index in [0.29, 0.717) is 16.3 Å². The maximum atomic E-state index is 11.9. The molecule has 1 aromatic carbocycles.